The van der Waals surface area contributed by atoms with Gasteiger partial charge in [0.15, 0.2) is 0 Å². The maximum atomic E-state index is 9.53. The number of nitrogen functional groups attached to an aromatic ring is 1. The first-order chi connectivity index (χ1) is 14.7. The van der Waals surface area contributed by atoms with Crippen LogP contribution in [0.4, 0.5) is 11.6 Å². The highest BCUT2D eigenvalue weighted by Crippen LogP contribution is 2.25. The first kappa shape index (κ1) is 19.5. The van der Waals surface area contributed by atoms with Gasteiger partial charge >= 0.3 is 0 Å². The second kappa shape index (κ2) is 8.67. The van der Waals surface area contributed by atoms with Crippen molar-refractivity contribution in [2.24, 2.45) is 0 Å². The summed E-state index contributed by atoms with van der Waals surface area (Å²) in [6, 6.07) is 15.9. The molecule has 0 spiro atoms. The van der Waals surface area contributed by atoms with Crippen LogP contribution in [0.15, 0.2) is 36.4 Å². The Morgan fingerprint density at radius 2 is 1.90 bits per heavy atom. The van der Waals surface area contributed by atoms with Crippen molar-refractivity contribution in [2.75, 3.05) is 17.6 Å². The van der Waals surface area contributed by atoms with E-state index in [1.807, 2.05) is 36.4 Å². The summed E-state index contributed by atoms with van der Waals surface area (Å²) in [7, 11) is 0. The molecule has 0 unspecified atom stereocenters. The summed E-state index contributed by atoms with van der Waals surface area (Å²) in [6.45, 7) is 0.628. The molecule has 7 nitrogen and oxygen atoms in total. The lowest BCUT2D eigenvalue weighted by molar-refractivity contribution is 0.667. The lowest BCUT2D eigenvalue weighted by atomic mass is 9.95. The molecule has 0 saturated heterocycles. The van der Waals surface area contributed by atoms with Crippen LogP contribution >= 0.6 is 0 Å². The Kier molecular flexibility index (Phi) is 5.63. The van der Waals surface area contributed by atoms with E-state index in [0.29, 0.717) is 41.4 Å². The van der Waals surface area contributed by atoms with Gasteiger partial charge in [0.05, 0.1) is 16.9 Å². The minimum absolute atomic E-state index is 0.356. The van der Waals surface area contributed by atoms with Gasteiger partial charge in [-0.05, 0) is 62.3 Å². The first-order valence-electron chi connectivity index (χ1n) is 10.2. The molecule has 4 rings (SSSR count). The fourth-order valence-electron chi connectivity index (χ4n) is 3.86. The van der Waals surface area contributed by atoms with Crippen LogP contribution in [0.3, 0.4) is 0 Å². The Bertz CT molecular complexity index is 1130. The van der Waals surface area contributed by atoms with Gasteiger partial charge in [-0.3, -0.25) is 0 Å². The van der Waals surface area contributed by atoms with Crippen molar-refractivity contribution in [2.45, 2.75) is 38.5 Å². The molecule has 0 amide bonds. The zero-order valence-electron chi connectivity index (χ0n) is 16.7. The molecule has 1 aromatic carbocycles. The van der Waals surface area contributed by atoms with Crippen molar-refractivity contribution < 1.29 is 0 Å². The summed E-state index contributed by atoms with van der Waals surface area (Å²) in [6.07, 6.45) is 5.62. The molecular weight excluding hydrogens is 374 g/mol. The second-order valence-electron chi connectivity index (χ2n) is 7.41. The number of fused-ring (bicyclic) bond motifs is 1. The van der Waals surface area contributed by atoms with Gasteiger partial charge in [0.25, 0.3) is 0 Å². The van der Waals surface area contributed by atoms with Crippen LogP contribution in [0.1, 0.15) is 47.3 Å². The van der Waals surface area contributed by atoms with E-state index in [9.17, 15) is 10.5 Å². The van der Waals surface area contributed by atoms with E-state index >= 15 is 0 Å². The van der Waals surface area contributed by atoms with Gasteiger partial charge in [0.2, 0.25) is 0 Å². The maximum Gasteiger partial charge on any atom is 0.145 e. The van der Waals surface area contributed by atoms with Gasteiger partial charge in [-0.1, -0.05) is 18.2 Å². The Balaban J connectivity index is 1.44. The van der Waals surface area contributed by atoms with E-state index in [2.05, 4.69) is 22.6 Å². The molecular formula is C23H23N7. The molecule has 7 heteroatoms. The van der Waals surface area contributed by atoms with E-state index in [0.717, 1.165) is 43.5 Å². The molecule has 0 bridgehead atoms. The molecule has 3 N–H and O–H groups in total. The molecule has 0 aliphatic heterocycles. The average molecular weight is 397 g/mol. The van der Waals surface area contributed by atoms with E-state index in [-0.39, 0.29) is 0 Å². The molecule has 2 aromatic heterocycles. The lowest BCUT2D eigenvalue weighted by Crippen LogP contribution is -2.12. The fourth-order valence-corrected chi connectivity index (χ4v) is 3.86. The first-order valence-corrected chi connectivity index (χ1v) is 10.2. The third-order valence-corrected chi connectivity index (χ3v) is 5.41. The number of rotatable bonds is 6. The summed E-state index contributed by atoms with van der Waals surface area (Å²) < 4.78 is 1.61. The Morgan fingerprint density at radius 1 is 1.10 bits per heavy atom. The number of nitrogens with zero attached hydrogens (tertiary/aromatic N) is 5. The van der Waals surface area contributed by atoms with E-state index < -0.39 is 0 Å². The molecule has 0 radical (unpaired) electrons. The SMILES string of the molecule is N#Cc1cc2c(nc1NCCCc1nn(-c3ccccc3)c(N)c1C#N)CCCC2. The van der Waals surface area contributed by atoms with Gasteiger partial charge in [-0.2, -0.15) is 15.6 Å². The maximum absolute atomic E-state index is 9.53. The predicted molar refractivity (Wildman–Crippen MR) is 115 cm³/mol. The summed E-state index contributed by atoms with van der Waals surface area (Å²) in [4.78, 5) is 4.69. The Hall–Kier alpha value is -3.84. The van der Waals surface area contributed by atoms with Crippen molar-refractivity contribution in [3.8, 4) is 17.8 Å². The monoisotopic (exact) mass is 397 g/mol. The number of nitriles is 2. The molecule has 0 atom stereocenters. The number of hydrogen-bond donors (Lipinski definition) is 2. The predicted octanol–water partition coefficient (Wildman–Crippen LogP) is 3.52. The van der Waals surface area contributed by atoms with Crippen molar-refractivity contribution in [3.63, 3.8) is 0 Å². The van der Waals surface area contributed by atoms with Gasteiger partial charge in [0, 0.05) is 12.2 Å². The van der Waals surface area contributed by atoms with Gasteiger partial charge in [-0.15, -0.1) is 0 Å². The Morgan fingerprint density at radius 3 is 2.67 bits per heavy atom. The smallest absolute Gasteiger partial charge is 0.145 e. The highest BCUT2D eigenvalue weighted by Gasteiger charge is 2.17. The number of anilines is 2. The molecule has 1 aliphatic carbocycles. The summed E-state index contributed by atoms with van der Waals surface area (Å²) >= 11 is 0. The number of hydrogen-bond acceptors (Lipinski definition) is 6. The Labute approximate surface area is 175 Å². The third kappa shape index (κ3) is 3.83. The standard InChI is InChI=1S/C23H23N7/c24-14-17-13-16-7-4-5-10-20(16)28-23(17)27-12-6-11-21-19(15-25)22(26)30(29-21)18-8-2-1-3-9-18/h1-3,8-9,13H,4-7,10-12,26H2,(H,27,28). The third-order valence-electron chi connectivity index (χ3n) is 5.41. The number of aromatic nitrogens is 3. The highest BCUT2D eigenvalue weighted by molar-refractivity contribution is 5.57. The van der Waals surface area contributed by atoms with Crippen LogP contribution in [0.2, 0.25) is 0 Å². The van der Waals surface area contributed by atoms with E-state index in [1.54, 1.807) is 4.68 Å². The number of para-hydroxylation sites is 1. The average Bonchev–Trinajstić information content (AvgIpc) is 3.11. The number of aryl methyl sites for hydroxylation is 3. The number of benzene rings is 1. The van der Waals surface area contributed by atoms with Crippen LogP contribution in [0, 0.1) is 22.7 Å². The molecule has 30 heavy (non-hydrogen) atoms. The van der Waals surface area contributed by atoms with Crippen molar-refractivity contribution >= 4 is 11.6 Å². The largest absolute Gasteiger partial charge is 0.382 e. The zero-order valence-corrected chi connectivity index (χ0v) is 16.7. The van der Waals surface area contributed by atoms with Crippen LogP contribution in [0.5, 0.6) is 0 Å². The molecule has 0 saturated carbocycles. The number of nitrogens with two attached hydrogens (primary N) is 1. The molecule has 0 fully saturated rings. The van der Waals surface area contributed by atoms with Crippen molar-refractivity contribution in [1.29, 1.82) is 10.5 Å². The highest BCUT2D eigenvalue weighted by atomic mass is 15.3. The summed E-state index contributed by atoms with van der Waals surface area (Å²) in [5.74, 6) is 1.00. The van der Waals surface area contributed by atoms with E-state index in [1.165, 1.54) is 5.56 Å². The van der Waals surface area contributed by atoms with Crippen LogP contribution < -0.4 is 11.1 Å². The minimum atomic E-state index is 0.356. The minimum Gasteiger partial charge on any atom is -0.382 e. The zero-order chi connectivity index (χ0) is 20.9. The van der Waals surface area contributed by atoms with Gasteiger partial charge in [0.1, 0.15) is 29.3 Å². The van der Waals surface area contributed by atoms with Crippen molar-refractivity contribution in [3.05, 3.63) is 64.5 Å². The number of nitrogens with one attached hydrogen (secondary N) is 1. The molecule has 150 valence electrons. The van der Waals surface area contributed by atoms with Gasteiger partial charge < -0.3 is 11.1 Å². The summed E-state index contributed by atoms with van der Waals surface area (Å²) in [5.41, 5.74) is 11.0. The van der Waals surface area contributed by atoms with Crippen LogP contribution in [-0.2, 0) is 19.3 Å². The van der Waals surface area contributed by atoms with Crippen molar-refractivity contribution in [1.82, 2.24) is 14.8 Å². The topological polar surface area (TPSA) is 116 Å². The second-order valence-corrected chi connectivity index (χ2v) is 7.41. The molecule has 2 heterocycles. The van der Waals surface area contributed by atoms with Gasteiger partial charge in [-0.25, -0.2) is 9.67 Å². The quantitative estimate of drug-likeness (QED) is 0.615. The summed E-state index contributed by atoms with van der Waals surface area (Å²) in [5, 5.41) is 26.9. The number of pyridine rings is 1. The fraction of sp³-hybridized carbons (Fsp3) is 0.304. The van der Waals surface area contributed by atoms with E-state index in [4.69, 9.17) is 10.7 Å². The molecule has 1 aliphatic rings. The van der Waals surface area contributed by atoms with Crippen LogP contribution in [0.25, 0.3) is 5.69 Å². The molecule has 3 aromatic rings. The normalized spacial score (nSPS) is 12.6. The lowest BCUT2D eigenvalue weighted by Gasteiger charge is -2.17. The van der Waals surface area contributed by atoms with Crippen LogP contribution in [-0.4, -0.2) is 21.3 Å².